The number of nitrogens with zero attached hydrogens (tertiary/aromatic N) is 2. The van der Waals surface area contributed by atoms with E-state index in [4.69, 9.17) is 27.9 Å². The van der Waals surface area contributed by atoms with Crippen molar-refractivity contribution < 1.29 is 22.7 Å². The molecule has 0 saturated heterocycles. The number of hydrogen-bond donors (Lipinski definition) is 1. The number of sulfonamides is 1. The third-order valence-corrected chi connectivity index (χ3v) is 11.2. The minimum absolute atomic E-state index is 0.00295. The van der Waals surface area contributed by atoms with Crippen LogP contribution in [0.15, 0.2) is 95.9 Å². The maximum atomic E-state index is 14.8. The molecule has 0 aromatic heterocycles. The van der Waals surface area contributed by atoms with Crippen LogP contribution in [0.1, 0.15) is 47.9 Å². The Morgan fingerprint density at radius 3 is 2.22 bits per heavy atom. The second-order valence-electron chi connectivity index (χ2n) is 12.5. The van der Waals surface area contributed by atoms with Crippen molar-refractivity contribution in [1.82, 2.24) is 10.2 Å². The van der Waals surface area contributed by atoms with Crippen molar-refractivity contribution in [2.75, 3.05) is 18.0 Å². The molecule has 1 N–H and O–H groups in total. The van der Waals surface area contributed by atoms with Gasteiger partial charge in [-0.2, -0.15) is 0 Å². The molecule has 0 spiro atoms. The predicted octanol–water partition coefficient (Wildman–Crippen LogP) is 7.51. The Bertz CT molecular complexity index is 1880. The van der Waals surface area contributed by atoms with Crippen molar-refractivity contribution in [1.29, 1.82) is 0 Å². The Labute approximate surface area is 299 Å². The first kappa shape index (κ1) is 36.2. The van der Waals surface area contributed by atoms with Gasteiger partial charge in [0, 0.05) is 29.1 Å². The molecule has 8 nitrogen and oxygen atoms in total. The Morgan fingerprint density at radius 1 is 0.898 bits per heavy atom. The summed E-state index contributed by atoms with van der Waals surface area (Å²) in [6, 6.07) is 25.0. The van der Waals surface area contributed by atoms with Gasteiger partial charge in [0.15, 0.2) is 0 Å². The van der Waals surface area contributed by atoms with Crippen LogP contribution in [0.3, 0.4) is 0 Å². The fourth-order valence-corrected chi connectivity index (χ4v) is 7.99. The van der Waals surface area contributed by atoms with Crippen LogP contribution in [0, 0.1) is 13.8 Å². The number of benzene rings is 4. The van der Waals surface area contributed by atoms with E-state index in [0.29, 0.717) is 15.6 Å². The maximum absolute atomic E-state index is 14.8. The molecule has 0 aliphatic heterocycles. The fraction of sp³-hybridized carbons (Fsp3) is 0.316. The zero-order chi connectivity index (χ0) is 35.1. The summed E-state index contributed by atoms with van der Waals surface area (Å²) in [6.07, 6.45) is 3.95. The monoisotopic (exact) mass is 721 g/mol. The van der Waals surface area contributed by atoms with Crippen LogP contribution in [0.25, 0.3) is 0 Å². The summed E-state index contributed by atoms with van der Waals surface area (Å²) < 4.78 is 35.6. The number of anilines is 1. The van der Waals surface area contributed by atoms with Crippen LogP contribution < -0.4 is 14.4 Å². The van der Waals surface area contributed by atoms with E-state index in [9.17, 15) is 18.0 Å². The highest BCUT2D eigenvalue weighted by molar-refractivity contribution is 7.92. The van der Waals surface area contributed by atoms with Crippen molar-refractivity contribution in [3.05, 3.63) is 123 Å². The molecule has 1 fully saturated rings. The van der Waals surface area contributed by atoms with Gasteiger partial charge in [-0.15, -0.1) is 0 Å². The summed E-state index contributed by atoms with van der Waals surface area (Å²) in [6.45, 7) is 3.03. The highest BCUT2D eigenvalue weighted by Crippen LogP contribution is 2.34. The van der Waals surface area contributed by atoms with Gasteiger partial charge in [-0.1, -0.05) is 96.2 Å². The normalized spacial score (nSPS) is 13.9. The molecule has 1 saturated carbocycles. The molecular formula is C38H41Cl2N3O5S. The Morgan fingerprint density at radius 2 is 1.57 bits per heavy atom. The summed E-state index contributed by atoms with van der Waals surface area (Å²) in [5, 5.41) is 3.93. The topological polar surface area (TPSA) is 96.0 Å². The Balaban J connectivity index is 1.62. The minimum atomic E-state index is -4.30. The molecule has 1 aliphatic rings. The van der Waals surface area contributed by atoms with Crippen LogP contribution in [0.5, 0.6) is 5.75 Å². The summed E-state index contributed by atoms with van der Waals surface area (Å²) in [7, 11) is -2.85. The van der Waals surface area contributed by atoms with Gasteiger partial charge >= 0.3 is 0 Å². The van der Waals surface area contributed by atoms with Gasteiger partial charge in [0.25, 0.3) is 10.0 Å². The molecule has 0 radical (unpaired) electrons. The van der Waals surface area contributed by atoms with E-state index < -0.39 is 28.5 Å². The largest absolute Gasteiger partial charge is 0.495 e. The second-order valence-corrected chi connectivity index (χ2v) is 15.2. The maximum Gasteiger partial charge on any atom is 0.264 e. The molecule has 5 rings (SSSR count). The molecule has 49 heavy (non-hydrogen) atoms. The van der Waals surface area contributed by atoms with Crippen LogP contribution in [-0.4, -0.2) is 50.9 Å². The van der Waals surface area contributed by atoms with Crippen LogP contribution >= 0.6 is 23.2 Å². The van der Waals surface area contributed by atoms with E-state index >= 15 is 0 Å². The number of methoxy groups -OCH3 is 1. The van der Waals surface area contributed by atoms with Crippen molar-refractivity contribution in [2.24, 2.45) is 0 Å². The van der Waals surface area contributed by atoms with Gasteiger partial charge in [0.2, 0.25) is 11.8 Å². The number of halogens is 2. The quantitative estimate of drug-likeness (QED) is 0.154. The molecule has 4 aromatic rings. The number of aryl methyl sites for hydroxylation is 2. The van der Waals surface area contributed by atoms with Crippen molar-refractivity contribution in [3.8, 4) is 5.75 Å². The lowest BCUT2D eigenvalue weighted by molar-refractivity contribution is -0.140. The van der Waals surface area contributed by atoms with E-state index in [-0.39, 0.29) is 41.2 Å². The summed E-state index contributed by atoms with van der Waals surface area (Å²) >= 11 is 12.9. The van der Waals surface area contributed by atoms with Crippen molar-refractivity contribution >= 4 is 50.7 Å². The van der Waals surface area contributed by atoms with Crippen LogP contribution in [0.4, 0.5) is 5.69 Å². The standard InChI is InChI=1S/C38H41Cl2N3O5S/c1-26-13-18-32(19-14-26)49(46,47)43(34-21-27(2)15-20-36(34)48-3)25-37(44)42(24-29-16-17-30(39)23-33(29)40)35(22-28-9-5-4-6-10-28)38(45)41-31-11-7-8-12-31/h4-6,9-10,13-21,23,31,35H,7-8,11-12,22,24-25H2,1-3H3,(H,41,45). The number of amides is 2. The number of hydrogen-bond acceptors (Lipinski definition) is 5. The number of carbonyl (C=O) groups is 2. The second kappa shape index (κ2) is 16.1. The zero-order valence-corrected chi connectivity index (χ0v) is 30.2. The van der Waals surface area contributed by atoms with Crippen LogP contribution in [0.2, 0.25) is 10.0 Å². The van der Waals surface area contributed by atoms with Gasteiger partial charge in [-0.05, 0) is 79.8 Å². The lowest BCUT2D eigenvalue weighted by Gasteiger charge is -2.35. The number of rotatable bonds is 13. The van der Waals surface area contributed by atoms with Gasteiger partial charge in [-0.3, -0.25) is 13.9 Å². The average molecular weight is 723 g/mol. The van der Waals surface area contributed by atoms with E-state index in [1.807, 2.05) is 44.2 Å². The third-order valence-electron chi connectivity index (χ3n) is 8.82. The lowest BCUT2D eigenvalue weighted by Crippen LogP contribution is -2.54. The first-order chi connectivity index (χ1) is 23.5. The van der Waals surface area contributed by atoms with Crippen LogP contribution in [-0.2, 0) is 32.6 Å². The number of nitrogens with one attached hydrogen (secondary N) is 1. The molecule has 0 heterocycles. The Kier molecular flexibility index (Phi) is 11.9. The lowest BCUT2D eigenvalue weighted by atomic mass is 10.0. The molecule has 4 aromatic carbocycles. The first-order valence-electron chi connectivity index (χ1n) is 16.3. The van der Waals surface area contributed by atoms with Gasteiger partial charge < -0.3 is 15.0 Å². The highest BCUT2D eigenvalue weighted by Gasteiger charge is 2.36. The molecule has 1 unspecified atom stereocenters. The predicted molar refractivity (Wildman–Crippen MR) is 195 cm³/mol. The molecule has 11 heteroatoms. The van der Waals surface area contributed by atoms with Gasteiger partial charge in [0.1, 0.15) is 18.3 Å². The first-order valence-corrected chi connectivity index (χ1v) is 18.5. The van der Waals surface area contributed by atoms with E-state index in [2.05, 4.69) is 5.32 Å². The molecule has 1 atom stereocenters. The van der Waals surface area contributed by atoms with E-state index in [1.165, 1.54) is 24.1 Å². The smallest absolute Gasteiger partial charge is 0.264 e. The number of carbonyl (C=O) groups excluding carboxylic acids is 2. The van der Waals surface area contributed by atoms with Gasteiger partial charge in [0.05, 0.1) is 17.7 Å². The van der Waals surface area contributed by atoms with Crippen molar-refractivity contribution in [2.45, 2.75) is 69.5 Å². The summed E-state index contributed by atoms with van der Waals surface area (Å²) in [5.41, 5.74) is 3.27. The van der Waals surface area contributed by atoms with Gasteiger partial charge in [-0.25, -0.2) is 8.42 Å². The molecule has 1 aliphatic carbocycles. The molecular weight excluding hydrogens is 681 g/mol. The Hall–Kier alpha value is -4.05. The number of ether oxygens (including phenoxy) is 1. The fourth-order valence-electron chi connectivity index (χ4n) is 6.10. The molecule has 0 bridgehead atoms. The third kappa shape index (κ3) is 8.95. The SMILES string of the molecule is COc1ccc(C)cc1N(CC(=O)N(Cc1ccc(Cl)cc1Cl)C(Cc1ccccc1)C(=O)NC1CCCC1)S(=O)(=O)c1ccc(C)cc1. The van der Waals surface area contributed by atoms with E-state index in [1.54, 1.807) is 48.5 Å². The average Bonchev–Trinajstić information content (AvgIpc) is 3.59. The zero-order valence-electron chi connectivity index (χ0n) is 27.9. The molecule has 2 amide bonds. The van der Waals surface area contributed by atoms with E-state index in [0.717, 1.165) is 46.7 Å². The minimum Gasteiger partial charge on any atom is -0.495 e. The molecule has 258 valence electrons. The highest BCUT2D eigenvalue weighted by atomic mass is 35.5. The van der Waals surface area contributed by atoms with Crippen molar-refractivity contribution in [3.63, 3.8) is 0 Å². The summed E-state index contributed by atoms with van der Waals surface area (Å²) in [4.78, 5) is 30.5. The summed E-state index contributed by atoms with van der Waals surface area (Å²) in [5.74, 6) is -0.621.